The molecule has 0 radical (unpaired) electrons. The van der Waals surface area contributed by atoms with Crippen LogP contribution in [0.15, 0.2) is 0 Å². The summed E-state index contributed by atoms with van der Waals surface area (Å²) in [6, 6.07) is 0. The zero-order chi connectivity index (χ0) is 8.27. The third-order valence-electron chi connectivity index (χ3n) is 2.73. The van der Waals surface area contributed by atoms with Crippen molar-refractivity contribution in [3.05, 3.63) is 0 Å². The average Bonchev–Trinajstić information content (AvgIpc) is 2.05. The van der Waals surface area contributed by atoms with Gasteiger partial charge in [0, 0.05) is 4.83 Å². The fraction of sp³-hybridized carbons (Fsp3) is 1.00. The summed E-state index contributed by atoms with van der Waals surface area (Å²) in [5.74, 6) is 0.915. The van der Waals surface area contributed by atoms with Gasteiger partial charge in [-0.05, 0) is 38.4 Å². The minimum absolute atomic E-state index is 0.710. The van der Waals surface area contributed by atoms with Crippen molar-refractivity contribution in [1.29, 1.82) is 0 Å². The second-order valence-corrected chi connectivity index (χ2v) is 4.89. The molecule has 1 unspecified atom stereocenters. The zero-order valence-electron chi connectivity index (χ0n) is 7.52. The van der Waals surface area contributed by atoms with Crippen LogP contribution in [-0.2, 0) is 0 Å². The monoisotopic (exact) mass is 219 g/mol. The van der Waals surface area contributed by atoms with Crippen LogP contribution in [0.4, 0.5) is 0 Å². The molecule has 0 aliphatic carbocycles. The average molecular weight is 220 g/mol. The van der Waals surface area contributed by atoms with Gasteiger partial charge in [-0.25, -0.2) is 0 Å². The van der Waals surface area contributed by atoms with Crippen molar-refractivity contribution in [2.75, 3.05) is 19.6 Å². The molecule has 1 rings (SSSR count). The van der Waals surface area contributed by atoms with E-state index in [9.17, 15) is 0 Å². The molecule has 1 fully saturated rings. The van der Waals surface area contributed by atoms with Gasteiger partial charge < -0.3 is 4.90 Å². The van der Waals surface area contributed by atoms with Gasteiger partial charge in [-0.15, -0.1) is 0 Å². The summed E-state index contributed by atoms with van der Waals surface area (Å²) in [4.78, 5) is 3.24. The number of rotatable bonds is 2. The molecule has 1 heterocycles. The summed E-state index contributed by atoms with van der Waals surface area (Å²) in [5, 5.41) is 0. The van der Waals surface area contributed by atoms with Crippen LogP contribution in [0, 0.1) is 5.92 Å². The van der Waals surface area contributed by atoms with Crippen molar-refractivity contribution in [1.82, 2.24) is 4.90 Å². The van der Waals surface area contributed by atoms with Crippen molar-refractivity contribution in [2.24, 2.45) is 5.92 Å². The standard InChI is InChI=1S/C9H18BrN/c1-3-11-6-4-9(5-7-11)8(2)10/h8-9H,3-7H2,1-2H3. The molecule has 1 saturated heterocycles. The summed E-state index contributed by atoms with van der Waals surface area (Å²) < 4.78 is 0. The van der Waals surface area contributed by atoms with Crippen LogP contribution in [-0.4, -0.2) is 29.4 Å². The Hall–Kier alpha value is 0.440. The molecule has 0 aromatic carbocycles. The van der Waals surface area contributed by atoms with Crippen LogP contribution in [0.5, 0.6) is 0 Å². The Labute approximate surface area is 78.3 Å². The molecule has 0 amide bonds. The third kappa shape index (κ3) is 2.75. The molecule has 2 heteroatoms. The first-order chi connectivity index (χ1) is 5.24. The van der Waals surface area contributed by atoms with Gasteiger partial charge in [-0.3, -0.25) is 0 Å². The maximum Gasteiger partial charge on any atom is 0.0146 e. The quantitative estimate of drug-likeness (QED) is 0.646. The molecule has 1 aliphatic rings. The van der Waals surface area contributed by atoms with E-state index in [1.165, 1.54) is 32.5 Å². The van der Waals surface area contributed by atoms with E-state index < -0.39 is 0 Å². The van der Waals surface area contributed by atoms with E-state index in [0.29, 0.717) is 4.83 Å². The normalized spacial score (nSPS) is 25.4. The Kier molecular flexibility index (Phi) is 3.86. The Bertz CT molecular complexity index is 106. The topological polar surface area (TPSA) is 3.24 Å². The second-order valence-electron chi connectivity index (χ2n) is 3.45. The molecule has 1 atom stereocenters. The highest BCUT2D eigenvalue weighted by Gasteiger charge is 2.20. The molecule has 1 nitrogen and oxygen atoms in total. The largest absolute Gasteiger partial charge is 0.304 e. The number of likely N-dealkylation sites (tertiary alicyclic amines) is 1. The van der Waals surface area contributed by atoms with Gasteiger partial charge in [0.25, 0.3) is 0 Å². The smallest absolute Gasteiger partial charge is 0.0146 e. The first-order valence-corrected chi connectivity index (χ1v) is 5.52. The van der Waals surface area contributed by atoms with Gasteiger partial charge in [-0.2, -0.15) is 0 Å². The Morgan fingerprint density at radius 2 is 2.00 bits per heavy atom. The van der Waals surface area contributed by atoms with Gasteiger partial charge in [0.15, 0.2) is 0 Å². The van der Waals surface area contributed by atoms with Gasteiger partial charge in [0.2, 0.25) is 0 Å². The SMILES string of the molecule is CCN1CCC(C(C)Br)CC1. The molecule has 66 valence electrons. The molecule has 0 bridgehead atoms. The Morgan fingerprint density at radius 1 is 1.45 bits per heavy atom. The van der Waals surface area contributed by atoms with E-state index in [0.717, 1.165) is 5.92 Å². The molecule has 1 aliphatic heterocycles. The predicted octanol–water partition coefficient (Wildman–Crippen LogP) is 2.50. The molecular weight excluding hydrogens is 202 g/mol. The lowest BCUT2D eigenvalue weighted by molar-refractivity contribution is 0.193. The van der Waals surface area contributed by atoms with Crippen LogP contribution >= 0.6 is 15.9 Å². The molecule has 0 spiro atoms. The highest BCUT2D eigenvalue weighted by Crippen LogP contribution is 2.24. The number of halogens is 1. The maximum atomic E-state index is 3.66. The van der Waals surface area contributed by atoms with E-state index in [-0.39, 0.29) is 0 Å². The molecule has 0 aromatic heterocycles. The minimum Gasteiger partial charge on any atom is -0.304 e. The number of hydrogen-bond acceptors (Lipinski definition) is 1. The third-order valence-corrected chi connectivity index (χ3v) is 3.48. The molecule has 0 saturated carbocycles. The summed E-state index contributed by atoms with van der Waals surface area (Å²) in [6.45, 7) is 8.35. The van der Waals surface area contributed by atoms with Crippen molar-refractivity contribution in [3.63, 3.8) is 0 Å². The van der Waals surface area contributed by atoms with E-state index in [1.54, 1.807) is 0 Å². The van der Waals surface area contributed by atoms with Gasteiger partial charge in [-0.1, -0.05) is 29.8 Å². The van der Waals surface area contributed by atoms with Crippen molar-refractivity contribution >= 4 is 15.9 Å². The fourth-order valence-corrected chi connectivity index (χ4v) is 2.26. The van der Waals surface area contributed by atoms with Crippen LogP contribution in [0.25, 0.3) is 0 Å². The van der Waals surface area contributed by atoms with Gasteiger partial charge >= 0.3 is 0 Å². The lowest BCUT2D eigenvalue weighted by atomic mass is 9.94. The zero-order valence-corrected chi connectivity index (χ0v) is 9.10. The molecule has 0 aromatic rings. The highest BCUT2D eigenvalue weighted by molar-refractivity contribution is 9.09. The van der Waals surface area contributed by atoms with E-state index >= 15 is 0 Å². The fourth-order valence-electron chi connectivity index (χ4n) is 1.73. The van der Waals surface area contributed by atoms with Gasteiger partial charge in [0.05, 0.1) is 0 Å². The number of alkyl halides is 1. The summed E-state index contributed by atoms with van der Waals surface area (Å²) in [5.41, 5.74) is 0. The first kappa shape index (κ1) is 9.53. The number of nitrogens with zero attached hydrogens (tertiary/aromatic N) is 1. The molecule has 0 N–H and O–H groups in total. The summed E-state index contributed by atoms with van der Waals surface area (Å²) in [6.07, 6.45) is 2.75. The van der Waals surface area contributed by atoms with E-state index in [4.69, 9.17) is 0 Å². The lowest BCUT2D eigenvalue weighted by Crippen LogP contribution is -2.35. The minimum atomic E-state index is 0.710. The first-order valence-electron chi connectivity index (χ1n) is 4.60. The predicted molar refractivity (Wildman–Crippen MR) is 53.2 cm³/mol. The number of piperidine rings is 1. The molecule has 11 heavy (non-hydrogen) atoms. The van der Waals surface area contributed by atoms with Crippen LogP contribution < -0.4 is 0 Å². The van der Waals surface area contributed by atoms with Crippen molar-refractivity contribution in [2.45, 2.75) is 31.5 Å². The summed E-state index contributed by atoms with van der Waals surface area (Å²) >= 11 is 3.66. The van der Waals surface area contributed by atoms with E-state index in [1.807, 2.05) is 0 Å². The van der Waals surface area contributed by atoms with Crippen molar-refractivity contribution in [3.8, 4) is 0 Å². The van der Waals surface area contributed by atoms with Crippen molar-refractivity contribution < 1.29 is 0 Å². The van der Waals surface area contributed by atoms with Gasteiger partial charge in [0.1, 0.15) is 0 Å². The maximum absolute atomic E-state index is 3.66. The molecular formula is C9H18BrN. The Balaban J connectivity index is 2.24. The highest BCUT2D eigenvalue weighted by atomic mass is 79.9. The van der Waals surface area contributed by atoms with Crippen LogP contribution in [0.2, 0.25) is 0 Å². The lowest BCUT2D eigenvalue weighted by Gasteiger charge is -2.32. The number of hydrogen-bond donors (Lipinski definition) is 0. The summed E-state index contributed by atoms with van der Waals surface area (Å²) in [7, 11) is 0. The van der Waals surface area contributed by atoms with Crippen LogP contribution in [0.3, 0.4) is 0 Å². The van der Waals surface area contributed by atoms with E-state index in [2.05, 4.69) is 34.7 Å². The second kappa shape index (κ2) is 4.46. The Morgan fingerprint density at radius 3 is 2.36 bits per heavy atom. The van der Waals surface area contributed by atoms with Crippen LogP contribution in [0.1, 0.15) is 26.7 Å².